The Morgan fingerprint density at radius 3 is 2.67 bits per heavy atom. The van der Waals surface area contributed by atoms with Crippen molar-refractivity contribution in [2.75, 3.05) is 16.8 Å². The van der Waals surface area contributed by atoms with Crippen molar-refractivity contribution >= 4 is 45.6 Å². The predicted octanol–water partition coefficient (Wildman–Crippen LogP) is 4.79. The minimum absolute atomic E-state index is 0.0570. The van der Waals surface area contributed by atoms with Gasteiger partial charge < -0.3 is 10.2 Å². The number of carbonyl (C=O) groups excluding carboxylic acids is 2. The molecule has 4 nitrogen and oxygen atoms in total. The summed E-state index contributed by atoms with van der Waals surface area (Å²) in [6.07, 6.45) is 0.197. The van der Waals surface area contributed by atoms with Gasteiger partial charge in [-0.05, 0) is 36.1 Å². The van der Waals surface area contributed by atoms with Crippen LogP contribution in [0, 0.1) is 12.8 Å². The van der Waals surface area contributed by atoms with Crippen molar-refractivity contribution in [1.82, 2.24) is 0 Å². The minimum atomic E-state index is -0.394. The summed E-state index contributed by atoms with van der Waals surface area (Å²) in [5, 5.41) is 5.67. The van der Waals surface area contributed by atoms with E-state index >= 15 is 0 Å². The molecule has 0 unspecified atom stereocenters. The number of hydrogen-bond acceptors (Lipinski definition) is 2. The van der Waals surface area contributed by atoms with Crippen LogP contribution in [-0.4, -0.2) is 18.4 Å². The summed E-state index contributed by atoms with van der Waals surface area (Å²) in [7, 11) is 0. The Hall–Kier alpha value is -2.85. The zero-order chi connectivity index (χ0) is 19.0. The first-order chi connectivity index (χ1) is 13.0. The summed E-state index contributed by atoms with van der Waals surface area (Å²) in [6.45, 7) is 2.24. The van der Waals surface area contributed by atoms with Crippen LogP contribution in [0.2, 0.25) is 5.02 Å². The van der Waals surface area contributed by atoms with Gasteiger partial charge in [0.25, 0.3) is 0 Å². The van der Waals surface area contributed by atoms with E-state index in [4.69, 9.17) is 11.6 Å². The number of fused-ring (bicyclic) bond motifs is 1. The molecule has 1 aliphatic rings. The third kappa shape index (κ3) is 3.28. The highest BCUT2D eigenvalue weighted by molar-refractivity contribution is 6.31. The van der Waals surface area contributed by atoms with Crippen molar-refractivity contribution in [2.24, 2.45) is 5.92 Å². The van der Waals surface area contributed by atoms with E-state index in [1.54, 1.807) is 11.0 Å². The lowest BCUT2D eigenvalue weighted by atomic mass is 10.1. The third-order valence-electron chi connectivity index (χ3n) is 5.07. The van der Waals surface area contributed by atoms with Crippen molar-refractivity contribution in [3.63, 3.8) is 0 Å². The molecule has 1 N–H and O–H groups in total. The molecule has 1 atom stereocenters. The average molecular weight is 379 g/mol. The number of rotatable bonds is 3. The zero-order valence-electron chi connectivity index (χ0n) is 14.9. The lowest BCUT2D eigenvalue weighted by molar-refractivity contribution is -0.122. The van der Waals surface area contributed by atoms with Crippen LogP contribution in [0.3, 0.4) is 0 Å². The molecule has 1 heterocycles. The summed E-state index contributed by atoms with van der Waals surface area (Å²) < 4.78 is 0. The quantitative estimate of drug-likeness (QED) is 0.712. The first-order valence-electron chi connectivity index (χ1n) is 8.88. The fourth-order valence-corrected chi connectivity index (χ4v) is 3.74. The Labute approximate surface area is 162 Å². The highest BCUT2D eigenvalue weighted by atomic mass is 35.5. The third-order valence-corrected chi connectivity index (χ3v) is 5.48. The molecule has 0 radical (unpaired) electrons. The van der Waals surface area contributed by atoms with E-state index < -0.39 is 5.92 Å². The van der Waals surface area contributed by atoms with Gasteiger partial charge in [0.1, 0.15) is 0 Å². The molecular weight excluding hydrogens is 360 g/mol. The minimum Gasteiger partial charge on any atom is -0.325 e. The Morgan fingerprint density at radius 1 is 1.07 bits per heavy atom. The number of benzene rings is 3. The van der Waals surface area contributed by atoms with Crippen molar-refractivity contribution in [3.8, 4) is 0 Å². The number of halogens is 1. The fourth-order valence-electron chi connectivity index (χ4n) is 3.57. The van der Waals surface area contributed by atoms with Crippen molar-refractivity contribution in [3.05, 3.63) is 71.2 Å². The summed E-state index contributed by atoms with van der Waals surface area (Å²) in [6, 6.07) is 19.2. The molecule has 0 bridgehead atoms. The summed E-state index contributed by atoms with van der Waals surface area (Å²) in [4.78, 5) is 27.0. The van der Waals surface area contributed by atoms with Gasteiger partial charge in [0.2, 0.25) is 11.8 Å². The van der Waals surface area contributed by atoms with Gasteiger partial charge in [0, 0.05) is 34.7 Å². The van der Waals surface area contributed by atoms with Crippen LogP contribution in [-0.2, 0) is 9.59 Å². The molecule has 27 heavy (non-hydrogen) atoms. The molecule has 0 saturated carbocycles. The number of anilines is 2. The monoisotopic (exact) mass is 378 g/mol. The average Bonchev–Trinajstić information content (AvgIpc) is 3.06. The van der Waals surface area contributed by atoms with Crippen LogP contribution in [0.5, 0.6) is 0 Å². The Bertz CT molecular complexity index is 1040. The molecule has 136 valence electrons. The van der Waals surface area contributed by atoms with Gasteiger partial charge >= 0.3 is 0 Å². The normalized spacial score (nSPS) is 16.7. The first-order valence-corrected chi connectivity index (χ1v) is 9.26. The topological polar surface area (TPSA) is 49.4 Å². The maximum absolute atomic E-state index is 12.8. The molecule has 0 aliphatic carbocycles. The molecule has 3 aromatic carbocycles. The largest absolute Gasteiger partial charge is 0.325 e. The van der Waals surface area contributed by atoms with Gasteiger partial charge in [0.15, 0.2) is 0 Å². The van der Waals surface area contributed by atoms with Gasteiger partial charge in [-0.15, -0.1) is 0 Å². The highest BCUT2D eigenvalue weighted by Crippen LogP contribution is 2.32. The van der Waals surface area contributed by atoms with Crippen molar-refractivity contribution in [1.29, 1.82) is 0 Å². The SMILES string of the molecule is Cc1c(Cl)cccc1N1C[C@@H](C(=O)Nc2cccc3ccccc23)CC1=O. The lowest BCUT2D eigenvalue weighted by Gasteiger charge is -2.19. The Balaban J connectivity index is 1.55. The van der Waals surface area contributed by atoms with Crippen LogP contribution in [0.1, 0.15) is 12.0 Å². The summed E-state index contributed by atoms with van der Waals surface area (Å²) >= 11 is 6.18. The van der Waals surface area contributed by atoms with Gasteiger partial charge in [-0.3, -0.25) is 9.59 Å². The van der Waals surface area contributed by atoms with Crippen LogP contribution in [0.25, 0.3) is 10.8 Å². The summed E-state index contributed by atoms with van der Waals surface area (Å²) in [5.41, 5.74) is 2.39. The van der Waals surface area contributed by atoms with Gasteiger partial charge in [-0.2, -0.15) is 0 Å². The van der Waals surface area contributed by atoms with Crippen LogP contribution in [0.4, 0.5) is 11.4 Å². The van der Waals surface area contributed by atoms with Gasteiger partial charge in [-0.1, -0.05) is 54.1 Å². The standard InChI is InChI=1S/C22H19ClN2O2/c1-14-18(23)9-5-11-20(14)25-13-16(12-21(25)26)22(27)24-19-10-4-7-15-6-2-3-8-17(15)19/h2-11,16H,12-13H2,1H3,(H,24,27)/t16-/m0/s1. The second-order valence-corrected chi connectivity index (χ2v) is 7.21. The van der Waals surface area contributed by atoms with Crippen LogP contribution >= 0.6 is 11.6 Å². The van der Waals surface area contributed by atoms with Crippen molar-refractivity contribution < 1.29 is 9.59 Å². The molecule has 5 heteroatoms. The van der Waals surface area contributed by atoms with E-state index in [0.717, 1.165) is 27.7 Å². The fraction of sp³-hybridized carbons (Fsp3) is 0.182. The maximum atomic E-state index is 12.8. The number of nitrogens with one attached hydrogen (secondary N) is 1. The second kappa shape index (κ2) is 7.05. The van der Waals surface area contributed by atoms with Gasteiger partial charge in [-0.25, -0.2) is 0 Å². The molecule has 1 fully saturated rings. The van der Waals surface area contributed by atoms with E-state index in [1.807, 2.05) is 61.5 Å². The Kier molecular flexibility index (Phi) is 4.58. The first kappa shape index (κ1) is 17.6. The van der Waals surface area contributed by atoms with E-state index in [-0.39, 0.29) is 18.2 Å². The van der Waals surface area contributed by atoms with Crippen LogP contribution < -0.4 is 10.2 Å². The van der Waals surface area contributed by atoms with E-state index in [9.17, 15) is 9.59 Å². The second-order valence-electron chi connectivity index (χ2n) is 6.81. The van der Waals surface area contributed by atoms with E-state index in [1.165, 1.54) is 0 Å². The molecule has 4 rings (SSSR count). The summed E-state index contributed by atoms with van der Waals surface area (Å²) in [5.74, 6) is -0.588. The molecular formula is C22H19ClN2O2. The van der Waals surface area contributed by atoms with E-state index in [0.29, 0.717) is 11.6 Å². The smallest absolute Gasteiger partial charge is 0.229 e. The lowest BCUT2D eigenvalue weighted by Crippen LogP contribution is -2.28. The van der Waals surface area contributed by atoms with E-state index in [2.05, 4.69) is 5.32 Å². The number of nitrogens with zero attached hydrogens (tertiary/aromatic N) is 1. The molecule has 0 aromatic heterocycles. The van der Waals surface area contributed by atoms with Gasteiger partial charge in [0.05, 0.1) is 5.92 Å². The van der Waals surface area contributed by atoms with Crippen molar-refractivity contribution in [2.45, 2.75) is 13.3 Å². The molecule has 1 saturated heterocycles. The highest BCUT2D eigenvalue weighted by Gasteiger charge is 2.36. The molecule has 0 spiro atoms. The molecule has 2 amide bonds. The zero-order valence-corrected chi connectivity index (χ0v) is 15.7. The predicted molar refractivity (Wildman–Crippen MR) is 109 cm³/mol. The molecule has 1 aliphatic heterocycles. The Morgan fingerprint density at radius 2 is 1.81 bits per heavy atom. The maximum Gasteiger partial charge on any atom is 0.229 e. The number of hydrogen-bond donors (Lipinski definition) is 1. The number of carbonyl (C=O) groups is 2. The molecule has 3 aromatic rings. The van der Waals surface area contributed by atoms with Crippen LogP contribution in [0.15, 0.2) is 60.7 Å². The number of amides is 2.